The number of anilines is 1. The van der Waals surface area contributed by atoms with Gasteiger partial charge in [-0.25, -0.2) is 9.78 Å². The zero-order valence-electron chi connectivity index (χ0n) is 14.6. The largest absolute Gasteiger partial charge is 0.516 e. The molecule has 2 N–H and O–H groups in total. The number of sulfonamides is 1. The zero-order valence-corrected chi connectivity index (χ0v) is 16.2. The lowest BCUT2D eigenvalue weighted by atomic mass is 10.2. The first-order valence-electron chi connectivity index (χ1n) is 8.12. The average molecular weight is 440 g/mol. The van der Waals surface area contributed by atoms with Crippen molar-refractivity contribution in [2.24, 2.45) is 0 Å². The molecule has 0 aliphatic rings. The van der Waals surface area contributed by atoms with Crippen LogP contribution in [0.25, 0.3) is 0 Å². The number of aromatic nitrogens is 2. The fourth-order valence-corrected chi connectivity index (χ4v) is 3.28. The van der Waals surface area contributed by atoms with Crippen LogP contribution in [0.1, 0.15) is 41.6 Å². The van der Waals surface area contributed by atoms with Crippen molar-refractivity contribution in [2.75, 3.05) is 4.72 Å². The summed E-state index contributed by atoms with van der Waals surface area (Å²) >= 11 is 5.93. The van der Waals surface area contributed by atoms with Crippen LogP contribution >= 0.6 is 11.6 Å². The minimum absolute atomic E-state index is 0.0622. The van der Waals surface area contributed by atoms with E-state index in [9.17, 15) is 31.5 Å². The number of nitrogens with zero attached hydrogens (tertiary/aromatic N) is 2. The maximum Gasteiger partial charge on any atom is 0.516 e. The predicted octanol–water partition coefficient (Wildman–Crippen LogP) is 3.89. The Labute approximate surface area is 164 Å². The molecular weight excluding hydrogens is 423 g/mol. The van der Waals surface area contributed by atoms with Gasteiger partial charge in [-0.15, -0.1) is 0 Å². The molecule has 2 aromatic rings. The van der Waals surface area contributed by atoms with Crippen LogP contribution in [0.4, 0.5) is 18.9 Å². The van der Waals surface area contributed by atoms with Gasteiger partial charge in [-0.3, -0.25) is 4.72 Å². The Morgan fingerprint density at radius 3 is 2.39 bits per heavy atom. The molecule has 0 unspecified atom stereocenters. The molecule has 1 aromatic heterocycles. The highest BCUT2D eigenvalue weighted by Crippen LogP contribution is 2.26. The number of benzene rings is 1. The van der Waals surface area contributed by atoms with E-state index in [1.807, 2.05) is 6.92 Å². The van der Waals surface area contributed by atoms with Crippen LogP contribution in [0.15, 0.2) is 24.3 Å². The van der Waals surface area contributed by atoms with Crippen LogP contribution in [-0.2, 0) is 23.0 Å². The monoisotopic (exact) mass is 439 g/mol. The summed E-state index contributed by atoms with van der Waals surface area (Å²) in [6, 6.07) is 5.08. The molecule has 0 bridgehead atoms. The van der Waals surface area contributed by atoms with Crippen molar-refractivity contribution >= 4 is 33.3 Å². The van der Waals surface area contributed by atoms with Crippen LogP contribution in [0.5, 0.6) is 0 Å². The molecule has 12 heteroatoms. The molecule has 0 fully saturated rings. The Bertz CT molecular complexity index is 957. The van der Waals surface area contributed by atoms with E-state index in [4.69, 9.17) is 11.6 Å². The number of aromatic carboxylic acids is 1. The summed E-state index contributed by atoms with van der Waals surface area (Å²) in [6.45, 7) is 2.03. The Morgan fingerprint density at radius 2 is 1.89 bits per heavy atom. The van der Waals surface area contributed by atoms with Gasteiger partial charge < -0.3 is 9.67 Å². The van der Waals surface area contributed by atoms with Gasteiger partial charge in [0.2, 0.25) is 0 Å². The Morgan fingerprint density at radius 1 is 1.29 bits per heavy atom. The number of carboxylic acids is 1. The second-order valence-electron chi connectivity index (χ2n) is 5.91. The number of hydrogen-bond donors (Lipinski definition) is 2. The van der Waals surface area contributed by atoms with Gasteiger partial charge in [-0.1, -0.05) is 37.1 Å². The number of carboxylic acid groups (broad SMARTS) is 1. The fraction of sp³-hybridized carbons (Fsp3) is 0.375. The lowest BCUT2D eigenvalue weighted by molar-refractivity contribution is -0.0429. The molecule has 0 amide bonds. The summed E-state index contributed by atoms with van der Waals surface area (Å²) in [5, 5.41) is 9.24. The van der Waals surface area contributed by atoms with Gasteiger partial charge in [0.25, 0.3) is 0 Å². The highest BCUT2D eigenvalue weighted by atomic mass is 35.5. The normalized spacial score (nSPS) is 12.2. The van der Waals surface area contributed by atoms with Gasteiger partial charge in [-0.2, -0.15) is 21.6 Å². The highest BCUT2D eigenvalue weighted by Gasteiger charge is 2.46. The van der Waals surface area contributed by atoms with E-state index < -0.39 is 21.5 Å². The first-order chi connectivity index (χ1) is 13.0. The molecule has 2 rings (SSSR count). The number of carbonyl (C=O) groups is 1. The van der Waals surface area contributed by atoms with Crippen LogP contribution < -0.4 is 4.72 Å². The summed E-state index contributed by atoms with van der Waals surface area (Å²) in [6.07, 6.45) is 2.14. The Kier molecular flexibility index (Phi) is 6.60. The predicted molar refractivity (Wildman–Crippen MR) is 96.9 cm³/mol. The molecule has 154 valence electrons. The number of unbranched alkanes of at least 4 members (excludes halogenated alkanes) is 1. The molecule has 7 nitrogen and oxygen atoms in total. The fourth-order valence-electron chi connectivity index (χ4n) is 2.44. The van der Waals surface area contributed by atoms with Gasteiger partial charge in [-0.05, 0) is 24.1 Å². The molecule has 0 saturated carbocycles. The van der Waals surface area contributed by atoms with Crippen molar-refractivity contribution in [3.63, 3.8) is 0 Å². The molecule has 0 radical (unpaired) electrons. The SMILES string of the molecule is CCCCc1nc(Cl)c(C(=O)O)n1Cc1ccc(NS(=O)(=O)C(F)(F)F)cc1. The number of alkyl halides is 3. The molecule has 1 aromatic carbocycles. The van der Waals surface area contributed by atoms with Gasteiger partial charge >= 0.3 is 21.5 Å². The highest BCUT2D eigenvalue weighted by molar-refractivity contribution is 7.93. The Balaban J connectivity index is 2.28. The molecular formula is C16H17ClF3N3O4S. The first kappa shape index (κ1) is 22.0. The van der Waals surface area contributed by atoms with Crippen molar-refractivity contribution in [2.45, 2.75) is 38.2 Å². The lowest BCUT2D eigenvalue weighted by Gasteiger charge is -2.12. The standard InChI is InChI=1S/C16H17ClF3N3O4S/c1-2-3-4-12-21-14(17)13(15(24)25)23(12)9-10-5-7-11(8-6-10)22-28(26,27)16(18,19)20/h5-8,22H,2-4,9H2,1H3,(H,24,25). The molecule has 1 heterocycles. The van der Waals surface area contributed by atoms with Crippen molar-refractivity contribution in [1.82, 2.24) is 9.55 Å². The second-order valence-corrected chi connectivity index (χ2v) is 7.94. The van der Waals surface area contributed by atoms with Crippen LogP contribution in [0, 0.1) is 0 Å². The zero-order chi connectivity index (χ0) is 21.1. The van der Waals surface area contributed by atoms with E-state index in [-0.39, 0.29) is 23.1 Å². The summed E-state index contributed by atoms with van der Waals surface area (Å²) in [4.78, 5) is 15.6. The molecule has 0 spiro atoms. The number of hydrogen-bond acceptors (Lipinski definition) is 4. The Hall–Kier alpha value is -2.27. The topological polar surface area (TPSA) is 101 Å². The minimum Gasteiger partial charge on any atom is -0.476 e. The third-order valence-corrected chi connectivity index (χ3v) is 5.19. The smallest absolute Gasteiger partial charge is 0.476 e. The van der Waals surface area contributed by atoms with Gasteiger partial charge in [0, 0.05) is 18.7 Å². The van der Waals surface area contributed by atoms with Crippen molar-refractivity contribution in [3.8, 4) is 0 Å². The van der Waals surface area contributed by atoms with Crippen molar-refractivity contribution in [1.29, 1.82) is 0 Å². The van der Waals surface area contributed by atoms with Crippen LogP contribution in [0.2, 0.25) is 5.15 Å². The number of imidazole rings is 1. The van der Waals surface area contributed by atoms with Gasteiger partial charge in [0.1, 0.15) is 5.82 Å². The molecule has 0 aliphatic carbocycles. The number of aryl methyl sites for hydroxylation is 1. The quantitative estimate of drug-likeness (QED) is 0.649. The summed E-state index contributed by atoms with van der Waals surface area (Å²) in [5.74, 6) is -0.777. The van der Waals surface area contributed by atoms with E-state index >= 15 is 0 Å². The minimum atomic E-state index is -5.51. The second kappa shape index (κ2) is 8.39. The number of halogens is 4. The maximum absolute atomic E-state index is 12.4. The van der Waals surface area contributed by atoms with E-state index in [2.05, 4.69) is 4.98 Å². The summed E-state index contributed by atoms with van der Waals surface area (Å²) < 4.78 is 62.4. The van der Waals surface area contributed by atoms with E-state index in [1.54, 1.807) is 0 Å². The lowest BCUT2D eigenvalue weighted by Crippen LogP contribution is -2.29. The van der Waals surface area contributed by atoms with Crippen molar-refractivity contribution < 1.29 is 31.5 Å². The molecule has 0 saturated heterocycles. The molecule has 0 aliphatic heterocycles. The first-order valence-corrected chi connectivity index (χ1v) is 9.98. The third kappa shape index (κ3) is 4.96. The molecule has 28 heavy (non-hydrogen) atoms. The maximum atomic E-state index is 12.4. The number of rotatable bonds is 8. The van der Waals surface area contributed by atoms with Gasteiger partial charge in [0.05, 0.1) is 0 Å². The van der Waals surface area contributed by atoms with Crippen molar-refractivity contribution in [3.05, 3.63) is 46.5 Å². The van der Waals surface area contributed by atoms with Gasteiger partial charge in [0.15, 0.2) is 10.8 Å². The summed E-state index contributed by atoms with van der Waals surface area (Å²) in [7, 11) is -5.51. The van der Waals surface area contributed by atoms with E-state index in [0.717, 1.165) is 25.0 Å². The third-order valence-electron chi connectivity index (χ3n) is 3.81. The number of nitrogens with one attached hydrogen (secondary N) is 1. The van der Waals surface area contributed by atoms with Crippen LogP contribution in [-0.4, -0.2) is 34.6 Å². The average Bonchev–Trinajstić information content (AvgIpc) is 2.88. The van der Waals surface area contributed by atoms with Crippen LogP contribution in [0.3, 0.4) is 0 Å². The molecule has 0 atom stereocenters. The van der Waals surface area contributed by atoms with E-state index in [1.165, 1.54) is 21.4 Å². The summed E-state index contributed by atoms with van der Waals surface area (Å²) in [5.41, 5.74) is -5.35. The van der Waals surface area contributed by atoms with E-state index in [0.29, 0.717) is 17.8 Å².